The largest absolute Gasteiger partial charge is 0.185 e. The summed E-state index contributed by atoms with van der Waals surface area (Å²) >= 11 is 7.00. The Hall–Kier alpha value is 0.130. The standard InChI is InChI=1S/C13H24ClNS/c14-11-9-7-5-3-1-2-4-6-8-10-12-16-13-15/h1-12H2. The van der Waals surface area contributed by atoms with Crippen molar-refractivity contribution in [1.29, 1.82) is 5.26 Å². The number of alkyl halides is 1. The lowest BCUT2D eigenvalue weighted by Crippen LogP contribution is -1.83. The van der Waals surface area contributed by atoms with Crippen LogP contribution in [-0.2, 0) is 0 Å². The molecule has 0 fully saturated rings. The van der Waals surface area contributed by atoms with Crippen LogP contribution in [-0.4, -0.2) is 11.6 Å². The molecule has 0 aliphatic heterocycles. The van der Waals surface area contributed by atoms with Gasteiger partial charge in [0.25, 0.3) is 0 Å². The van der Waals surface area contributed by atoms with Crippen molar-refractivity contribution in [2.75, 3.05) is 11.6 Å². The third kappa shape index (κ3) is 14.1. The molecule has 0 aliphatic rings. The Balaban J connectivity index is 2.86. The molecule has 16 heavy (non-hydrogen) atoms. The second-order valence-electron chi connectivity index (χ2n) is 4.16. The summed E-state index contributed by atoms with van der Waals surface area (Å²) < 4.78 is 0. The van der Waals surface area contributed by atoms with Gasteiger partial charge in [0.15, 0.2) is 0 Å². The van der Waals surface area contributed by atoms with Gasteiger partial charge in [-0.2, -0.15) is 5.26 Å². The number of nitrogens with zero attached hydrogens (tertiary/aromatic N) is 1. The first-order valence-corrected chi connectivity index (χ1v) is 8.00. The first kappa shape index (κ1) is 16.1. The van der Waals surface area contributed by atoms with E-state index in [0.717, 1.165) is 11.6 Å². The first-order valence-electron chi connectivity index (χ1n) is 6.48. The quantitative estimate of drug-likeness (QED) is 0.269. The minimum Gasteiger partial charge on any atom is -0.185 e. The summed E-state index contributed by atoms with van der Waals surface area (Å²) in [4.78, 5) is 0. The lowest BCUT2D eigenvalue weighted by atomic mass is 10.1. The van der Waals surface area contributed by atoms with Crippen molar-refractivity contribution in [3.8, 4) is 5.40 Å². The van der Waals surface area contributed by atoms with Crippen LogP contribution in [0, 0.1) is 10.7 Å². The second kappa shape index (κ2) is 15.1. The van der Waals surface area contributed by atoms with Crippen LogP contribution < -0.4 is 0 Å². The zero-order chi connectivity index (χ0) is 11.9. The van der Waals surface area contributed by atoms with Crippen LogP contribution in [0.5, 0.6) is 0 Å². The summed E-state index contributed by atoms with van der Waals surface area (Å²) in [7, 11) is 0. The number of hydrogen-bond donors (Lipinski definition) is 0. The van der Waals surface area contributed by atoms with Gasteiger partial charge in [0.1, 0.15) is 5.40 Å². The molecule has 0 aliphatic carbocycles. The van der Waals surface area contributed by atoms with Gasteiger partial charge < -0.3 is 0 Å². The number of unbranched alkanes of at least 4 members (excludes halogenated alkanes) is 9. The van der Waals surface area contributed by atoms with Crippen molar-refractivity contribution in [2.45, 2.75) is 64.2 Å². The third-order valence-electron chi connectivity index (χ3n) is 2.69. The number of thioether (sulfide) groups is 1. The van der Waals surface area contributed by atoms with Crippen LogP contribution in [0.1, 0.15) is 64.2 Å². The number of nitriles is 1. The maximum Gasteiger partial charge on any atom is 0.133 e. The predicted octanol–water partition coefficient (Wildman–Crippen LogP) is 5.34. The molecule has 94 valence electrons. The molecule has 0 radical (unpaired) electrons. The Labute approximate surface area is 110 Å². The predicted molar refractivity (Wildman–Crippen MR) is 75.0 cm³/mol. The SMILES string of the molecule is N#CSCCCCCCCCCCCCCl. The van der Waals surface area contributed by atoms with E-state index in [-0.39, 0.29) is 0 Å². The van der Waals surface area contributed by atoms with E-state index >= 15 is 0 Å². The zero-order valence-electron chi connectivity index (χ0n) is 10.2. The smallest absolute Gasteiger partial charge is 0.133 e. The highest BCUT2D eigenvalue weighted by Gasteiger charge is 1.93. The third-order valence-corrected chi connectivity index (χ3v) is 3.58. The summed E-state index contributed by atoms with van der Waals surface area (Å²) in [5.74, 6) is 1.83. The van der Waals surface area contributed by atoms with Gasteiger partial charge in [-0.25, -0.2) is 0 Å². The lowest BCUT2D eigenvalue weighted by molar-refractivity contribution is 0.563. The fourth-order valence-electron chi connectivity index (χ4n) is 1.73. The van der Waals surface area contributed by atoms with Crippen LogP contribution in [0.4, 0.5) is 0 Å². The Morgan fingerprint density at radius 1 is 0.750 bits per heavy atom. The second-order valence-corrected chi connectivity index (χ2v) is 5.42. The summed E-state index contributed by atoms with van der Waals surface area (Å²) in [6.45, 7) is 0. The maximum absolute atomic E-state index is 8.33. The topological polar surface area (TPSA) is 23.8 Å². The maximum atomic E-state index is 8.33. The molecular weight excluding hydrogens is 238 g/mol. The fraction of sp³-hybridized carbons (Fsp3) is 0.923. The molecule has 0 aromatic rings. The van der Waals surface area contributed by atoms with E-state index in [1.807, 2.05) is 0 Å². The summed E-state index contributed by atoms with van der Waals surface area (Å²) in [6, 6.07) is 0. The number of thiocyanates is 1. The van der Waals surface area contributed by atoms with Crippen LogP contribution in [0.25, 0.3) is 0 Å². The van der Waals surface area contributed by atoms with Gasteiger partial charge in [-0.3, -0.25) is 0 Å². The molecule has 0 rings (SSSR count). The van der Waals surface area contributed by atoms with Gasteiger partial charge in [-0.1, -0.05) is 51.4 Å². The van der Waals surface area contributed by atoms with Gasteiger partial charge in [0.05, 0.1) is 0 Å². The van der Waals surface area contributed by atoms with Gasteiger partial charge in [0.2, 0.25) is 0 Å². The Morgan fingerprint density at radius 2 is 1.19 bits per heavy atom. The molecule has 0 N–H and O–H groups in total. The number of hydrogen-bond acceptors (Lipinski definition) is 2. The first-order chi connectivity index (χ1) is 7.91. The minimum atomic E-state index is 0.820. The summed E-state index contributed by atoms with van der Waals surface area (Å²) in [6.07, 6.45) is 13.2. The van der Waals surface area contributed by atoms with Crippen molar-refractivity contribution in [1.82, 2.24) is 0 Å². The highest BCUT2D eigenvalue weighted by atomic mass is 35.5. The molecule has 1 nitrogen and oxygen atoms in total. The lowest BCUT2D eigenvalue weighted by Gasteiger charge is -2.01. The van der Waals surface area contributed by atoms with E-state index < -0.39 is 0 Å². The van der Waals surface area contributed by atoms with Crippen molar-refractivity contribution in [2.24, 2.45) is 0 Å². The molecule has 0 spiro atoms. The van der Waals surface area contributed by atoms with Crippen molar-refractivity contribution < 1.29 is 0 Å². The number of rotatable bonds is 12. The molecule has 0 aromatic carbocycles. The fourth-order valence-corrected chi connectivity index (χ4v) is 2.36. The minimum absolute atomic E-state index is 0.820. The molecule has 0 bridgehead atoms. The summed E-state index contributed by atoms with van der Waals surface area (Å²) in [5.41, 5.74) is 0. The summed E-state index contributed by atoms with van der Waals surface area (Å²) in [5, 5.41) is 10.4. The Bertz CT molecular complexity index is 168. The van der Waals surface area contributed by atoms with Crippen molar-refractivity contribution >= 4 is 23.4 Å². The molecule has 0 unspecified atom stereocenters. The molecule has 0 atom stereocenters. The average Bonchev–Trinajstić information content (AvgIpc) is 2.31. The van der Waals surface area contributed by atoms with Crippen LogP contribution in [0.3, 0.4) is 0 Å². The van der Waals surface area contributed by atoms with Gasteiger partial charge in [-0.15, -0.1) is 11.6 Å². The molecule has 0 aromatic heterocycles. The van der Waals surface area contributed by atoms with E-state index in [4.69, 9.17) is 16.9 Å². The van der Waals surface area contributed by atoms with E-state index in [9.17, 15) is 0 Å². The van der Waals surface area contributed by atoms with E-state index in [2.05, 4.69) is 5.40 Å². The molecule has 0 amide bonds. The van der Waals surface area contributed by atoms with E-state index in [1.165, 1.54) is 76.0 Å². The highest BCUT2D eigenvalue weighted by molar-refractivity contribution is 8.03. The normalized spacial score (nSPS) is 10.2. The molecule has 0 heterocycles. The Kier molecular flexibility index (Phi) is 15.3. The number of halogens is 1. The van der Waals surface area contributed by atoms with Crippen LogP contribution >= 0.6 is 23.4 Å². The van der Waals surface area contributed by atoms with Crippen LogP contribution in [0.2, 0.25) is 0 Å². The van der Waals surface area contributed by atoms with E-state index in [0.29, 0.717) is 0 Å². The van der Waals surface area contributed by atoms with Crippen LogP contribution in [0.15, 0.2) is 0 Å². The average molecular weight is 262 g/mol. The molecule has 0 saturated carbocycles. The van der Waals surface area contributed by atoms with Gasteiger partial charge >= 0.3 is 0 Å². The van der Waals surface area contributed by atoms with Gasteiger partial charge in [0, 0.05) is 11.6 Å². The van der Waals surface area contributed by atoms with E-state index in [1.54, 1.807) is 0 Å². The molecule has 0 saturated heterocycles. The Morgan fingerprint density at radius 3 is 1.62 bits per heavy atom. The van der Waals surface area contributed by atoms with Gasteiger partial charge in [-0.05, 0) is 24.6 Å². The zero-order valence-corrected chi connectivity index (χ0v) is 11.8. The molecule has 3 heteroatoms. The monoisotopic (exact) mass is 261 g/mol. The van der Waals surface area contributed by atoms with Crippen molar-refractivity contribution in [3.05, 3.63) is 0 Å². The molecular formula is C13H24ClNS. The van der Waals surface area contributed by atoms with Crippen molar-refractivity contribution in [3.63, 3.8) is 0 Å². The highest BCUT2D eigenvalue weighted by Crippen LogP contribution is 2.12.